The molecule has 0 aromatic heterocycles. The molecule has 0 heteroatoms. The van der Waals surface area contributed by atoms with E-state index in [-0.39, 0.29) is 5.41 Å². The van der Waals surface area contributed by atoms with Crippen LogP contribution in [-0.4, -0.2) is 0 Å². The third-order valence-corrected chi connectivity index (χ3v) is 2.19. The molecule has 0 nitrogen and oxygen atoms in total. The molecule has 13 heavy (non-hydrogen) atoms. The van der Waals surface area contributed by atoms with Gasteiger partial charge in [-0.05, 0) is 29.9 Å². The lowest BCUT2D eigenvalue weighted by Crippen LogP contribution is -2.07. The molecule has 0 radical (unpaired) electrons. The highest BCUT2D eigenvalue weighted by atomic mass is 14.2. The molecule has 0 atom stereocenters. The Morgan fingerprint density at radius 3 is 2.08 bits per heavy atom. The van der Waals surface area contributed by atoms with Crippen molar-refractivity contribution in [2.24, 2.45) is 5.41 Å². The SMILES string of the molecule is C=CC(=CC(=CC)C(C)(C)C)CC. The van der Waals surface area contributed by atoms with E-state index < -0.39 is 0 Å². The van der Waals surface area contributed by atoms with Crippen molar-refractivity contribution in [3.63, 3.8) is 0 Å². The van der Waals surface area contributed by atoms with E-state index in [1.807, 2.05) is 6.08 Å². The van der Waals surface area contributed by atoms with Crippen LogP contribution in [0.4, 0.5) is 0 Å². The maximum Gasteiger partial charge on any atom is -0.0135 e. The zero-order chi connectivity index (χ0) is 10.5. The van der Waals surface area contributed by atoms with Gasteiger partial charge in [-0.15, -0.1) is 0 Å². The largest absolute Gasteiger partial charge is 0.0988 e. The first-order chi connectivity index (χ1) is 5.95. The molecule has 0 aliphatic carbocycles. The van der Waals surface area contributed by atoms with Gasteiger partial charge in [-0.25, -0.2) is 0 Å². The van der Waals surface area contributed by atoms with E-state index in [0.717, 1.165) is 6.42 Å². The Balaban J connectivity index is 4.84. The summed E-state index contributed by atoms with van der Waals surface area (Å²) in [5, 5.41) is 0. The molecule has 0 heterocycles. The zero-order valence-corrected chi connectivity index (χ0v) is 9.65. The van der Waals surface area contributed by atoms with Gasteiger partial charge in [-0.3, -0.25) is 0 Å². The molecule has 0 aromatic rings. The number of allylic oxidation sites excluding steroid dienone is 5. The summed E-state index contributed by atoms with van der Waals surface area (Å²) in [6.45, 7) is 14.7. The molecule has 0 amide bonds. The highest BCUT2D eigenvalue weighted by molar-refractivity contribution is 5.32. The van der Waals surface area contributed by atoms with Gasteiger partial charge < -0.3 is 0 Å². The lowest BCUT2D eigenvalue weighted by molar-refractivity contribution is 0.515. The van der Waals surface area contributed by atoms with Gasteiger partial charge in [-0.1, -0.05) is 52.5 Å². The third-order valence-electron chi connectivity index (χ3n) is 2.19. The van der Waals surface area contributed by atoms with Gasteiger partial charge in [0.1, 0.15) is 0 Å². The molecule has 0 aromatic carbocycles. The first kappa shape index (κ1) is 12.2. The highest BCUT2D eigenvalue weighted by Crippen LogP contribution is 2.27. The minimum atomic E-state index is 0.234. The number of rotatable bonds is 3. The van der Waals surface area contributed by atoms with Crippen molar-refractivity contribution in [1.82, 2.24) is 0 Å². The van der Waals surface area contributed by atoms with E-state index in [2.05, 4.69) is 53.3 Å². The molecule has 0 saturated heterocycles. The Hall–Kier alpha value is -0.780. The quantitative estimate of drug-likeness (QED) is 0.558. The Morgan fingerprint density at radius 2 is 1.85 bits per heavy atom. The number of hydrogen-bond donors (Lipinski definition) is 0. The van der Waals surface area contributed by atoms with Crippen molar-refractivity contribution in [3.05, 3.63) is 36.0 Å². The molecule has 0 N–H and O–H groups in total. The fraction of sp³-hybridized carbons (Fsp3) is 0.538. The Labute approximate surface area is 83.0 Å². The van der Waals surface area contributed by atoms with E-state index in [4.69, 9.17) is 0 Å². The average Bonchev–Trinajstić information content (AvgIpc) is 2.04. The van der Waals surface area contributed by atoms with Crippen LogP contribution in [0.25, 0.3) is 0 Å². The summed E-state index contributed by atoms with van der Waals surface area (Å²) in [6, 6.07) is 0. The average molecular weight is 178 g/mol. The summed E-state index contributed by atoms with van der Waals surface area (Å²) in [5.74, 6) is 0. The summed E-state index contributed by atoms with van der Waals surface area (Å²) >= 11 is 0. The first-order valence-corrected chi connectivity index (χ1v) is 4.95. The fourth-order valence-electron chi connectivity index (χ4n) is 1.24. The summed E-state index contributed by atoms with van der Waals surface area (Å²) in [5.41, 5.74) is 2.92. The lowest BCUT2D eigenvalue weighted by atomic mass is 9.85. The van der Waals surface area contributed by atoms with Crippen molar-refractivity contribution < 1.29 is 0 Å². The second kappa shape index (κ2) is 5.06. The second-order valence-corrected chi connectivity index (χ2v) is 4.27. The Kier molecular flexibility index (Phi) is 4.76. The summed E-state index contributed by atoms with van der Waals surface area (Å²) in [4.78, 5) is 0. The maximum atomic E-state index is 3.81. The molecule has 0 bridgehead atoms. The van der Waals surface area contributed by atoms with Gasteiger partial charge in [0.05, 0.1) is 0 Å². The van der Waals surface area contributed by atoms with Crippen LogP contribution in [-0.2, 0) is 0 Å². The van der Waals surface area contributed by atoms with Crippen molar-refractivity contribution in [3.8, 4) is 0 Å². The van der Waals surface area contributed by atoms with E-state index in [0.29, 0.717) is 0 Å². The van der Waals surface area contributed by atoms with Crippen LogP contribution in [0.3, 0.4) is 0 Å². The van der Waals surface area contributed by atoms with E-state index in [1.165, 1.54) is 11.1 Å². The summed E-state index contributed by atoms with van der Waals surface area (Å²) in [6.07, 6.45) is 7.42. The molecule has 0 aliphatic heterocycles. The molecule has 74 valence electrons. The molecule has 0 rings (SSSR count). The Morgan fingerprint density at radius 1 is 1.31 bits per heavy atom. The molecule has 0 unspecified atom stereocenters. The maximum absolute atomic E-state index is 3.81. The van der Waals surface area contributed by atoms with Crippen molar-refractivity contribution >= 4 is 0 Å². The fourth-order valence-corrected chi connectivity index (χ4v) is 1.24. The van der Waals surface area contributed by atoms with Crippen LogP contribution < -0.4 is 0 Å². The standard InChI is InChI=1S/C13H22/c1-7-11(8-2)10-12(9-3)13(4,5)6/h7,9-10H,1,8H2,2-6H3. The smallest absolute Gasteiger partial charge is 0.0135 e. The van der Waals surface area contributed by atoms with Gasteiger partial charge in [0, 0.05) is 0 Å². The topological polar surface area (TPSA) is 0 Å². The first-order valence-electron chi connectivity index (χ1n) is 4.95. The van der Waals surface area contributed by atoms with Crippen LogP contribution in [0.2, 0.25) is 0 Å². The Bertz CT molecular complexity index is 221. The number of hydrogen-bond acceptors (Lipinski definition) is 0. The summed E-state index contributed by atoms with van der Waals surface area (Å²) < 4.78 is 0. The van der Waals surface area contributed by atoms with Gasteiger partial charge >= 0.3 is 0 Å². The monoisotopic (exact) mass is 178 g/mol. The molecular formula is C13H22. The highest BCUT2D eigenvalue weighted by Gasteiger charge is 2.13. The third kappa shape index (κ3) is 4.12. The van der Waals surface area contributed by atoms with Crippen molar-refractivity contribution in [2.75, 3.05) is 0 Å². The molecular weight excluding hydrogens is 156 g/mol. The molecule has 0 fully saturated rings. The van der Waals surface area contributed by atoms with Crippen LogP contribution >= 0.6 is 0 Å². The van der Waals surface area contributed by atoms with E-state index in [9.17, 15) is 0 Å². The minimum absolute atomic E-state index is 0.234. The van der Waals surface area contributed by atoms with Gasteiger partial charge in [0.25, 0.3) is 0 Å². The molecule has 0 saturated carbocycles. The predicted molar refractivity (Wildman–Crippen MR) is 61.8 cm³/mol. The summed E-state index contributed by atoms with van der Waals surface area (Å²) in [7, 11) is 0. The van der Waals surface area contributed by atoms with E-state index in [1.54, 1.807) is 0 Å². The van der Waals surface area contributed by atoms with Crippen LogP contribution in [0.15, 0.2) is 36.0 Å². The van der Waals surface area contributed by atoms with Crippen molar-refractivity contribution in [2.45, 2.75) is 41.0 Å². The van der Waals surface area contributed by atoms with Crippen LogP contribution in [0.5, 0.6) is 0 Å². The van der Waals surface area contributed by atoms with Gasteiger partial charge in [0.15, 0.2) is 0 Å². The predicted octanol–water partition coefficient (Wildman–Crippen LogP) is 4.50. The normalized spacial score (nSPS) is 14.5. The zero-order valence-electron chi connectivity index (χ0n) is 9.65. The van der Waals surface area contributed by atoms with Gasteiger partial charge in [-0.2, -0.15) is 0 Å². The van der Waals surface area contributed by atoms with Gasteiger partial charge in [0.2, 0.25) is 0 Å². The van der Waals surface area contributed by atoms with Crippen molar-refractivity contribution in [1.29, 1.82) is 0 Å². The molecule has 0 aliphatic rings. The minimum Gasteiger partial charge on any atom is -0.0988 e. The van der Waals surface area contributed by atoms with Crippen LogP contribution in [0, 0.1) is 5.41 Å². The van der Waals surface area contributed by atoms with Crippen LogP contribution in [0.1, 0.15) is 41.0 Å². The molecule has 0 spiro atoms. The van der Waals surface area contributed by atoms with E-state index >= 15 is 0 Å². The second-order valence-electron chi connectivity index (χ2n) is 4.27. The lowest BCUT2D eigenvalue weighted by Gasteiger charge is -2.20.